The minimum Gasteiger partial charge on any atom is -0.495 e. The molecule has 0 saturated carbocycles. The number of halogens is 2. The molecular formula is C13H16BrClO2. The largest absolute Gasteiger partial charge is 0.495 e. The van der Waals surface area contributed by atoms with Crippen molar-refractivity contribution < 1.29 is 9.53 Å². The Kier molecular flexibility index (Phi) is 5.47. The van der Waals surface area contributed by atoms with E-state index in [9.17, 15) is 4.79 Å². The summed E-state index contributed by atoms with van der Waals surface area (Å²) >= 11 is 9.41. The van der Waals surface area contributed by atoms with E-state index in [1.165, 1.54) is 0 Å². The van der Waals surface area contributed by atoms with Gasteiger partial charge in [0.25, 0.3) is 0 Å². The van der Waals surface area contributed by atoms with Crippen LogP contribution < -0.4 is 4.74 Å². The quantitative estimate of drug-likeness (QED) is 0.596. The monoisotopic (exact) mass is 318 g/mol. The van der Waals surface area contributed by atoms with E-state index >= 15 is 0 Å². The van der Waals surface area contributed by atoms with Crippen LogP contribution in [0.3, 0.4) is 0 Å². The van der Waals surface area contributed by atoms with Gasteiger partial charge in [-0.2, -0.15) is 0 Å². The molecule has 0 aliphatic rings. The normalized spacial score (nSPS) is 12.6. The lowest BCUT2D eigenvalue weighted by atomic mass is 10.0. The fourth-order valence-corrected chi connectivity index (χ4v) is 2.79. The van der Waals surface area contributed by atoms with Gasteiger partial charge in [-0.3, -0.25) is 4.79 Å². The van der Waals surface area contributed by atoms with Crippen LogP contribution in [0.4, 0.5) is 0 Å². The molecule has 1 atom stereocenters. The van der Waals surface area contributed by atoms with Crippen LogP contribution >= 0.6 is 27.5 Å². The fraction of sp³-hybridized carbons (Fsp3) is 0.462. The summed E-state index contributed by atoms with van der Waals surface area (Å²) in [5.74, 6) is 1.11. The van der Waals surface area contributed by atoms with E-state index in [-0.39, 0.29) is 10.6 Å². The standard InChI is InChI=1S/C13H16BrClO2/c1-8(2)6-10(14)13(16)9-4-5-12(17-3)11(15)7-9/h4-5,7-8,10H,6H2,1-3H3. The van der Waals surface area contributed by atoms with Crippen LogP contribution in [0.1, 0.15) is 30.6 Å². The van der Waals surface area contributed by atoms with E-state index in [0.29, 0.717) is 22.3 Å². The molecule has 0 saturated heterocycles. The van der Waals surface area contributed by atoms with Crippen molar-refractivity contribution in [3.05, 3.63) is 28.8 Å². The van der Waals surface area contributed by atoms with Crippen molar-refractivity contribution in [2.24, 2.45) is 5.92 Å². The first-order valence-electron chi connectivity index (χ1n) is 5.47. The maximum Gasteiger partial charge on any atom is 0.176 e. The summed E-state index contributed by atoms with van der Waals surface area (Å²) in [5, 5.41) is 0.461. The van der Waals surface area contributed by atoms with Crippen LogP contribution in [0.15, 0.2) is 18.2 Å². The summed E-state index contributed by atoms with van der Waals surface area (Å²) in [6.45, 7) is 4.17. The molecule has 17 heavy (non-hydrogen) atoms. The number of carbonyl (C=O) groups is 1. The number of methoxy groups -OCH3 is 1. The number of Topliss-reactive ketones (excluding diaryl/α,β-unsaturated/α-hetero) is 1. The van der Waals surface area contributed by atoms with Crippen molar-refractivity contribution in [3.8, 4) is 5.75 Å². The highest BCUT2D eigenvalue weighted by Gasteiger charge is 2.19. The molecule has 0 amide bonds. The predicted molar refractivity (Wildman–Crippen MR) is 74.5 cm³/mol. The SMILES string of the molecule is COc1ccc(C(=O)C(Br)CC(C)C)cc1Cl. The summed E-state index contributed by atoms with van der Waals surface area (Å²) in [6.07, 6.45) is 0.808. The van der Waals surface area contributed by atoms with Gasteiger partial charge >= 0.3 is 0 Å². The zero-order chi connectivity index (χ0) is 13.0. The summed E-state index contributed by atoms with van der Waals surface area (Å²) in [6, 6.07) is 5.10. The Balaban J connectivity index is 2.86. The molecule has 1 aromatic carbocycles. The zero-order valence-corrected chi connectivity index (χ0v) is 12.5. The van der Waals surface area contributed by atoms with Gasteiger partial charge in [0.05, 0.1) is 17.0 Å². The molecule has 0 bridgehead atoms. The number of ether oxygens (including phenoxy) is 1. The van der Waals surface area contributed by atoms with Crippen LogP contribution in [0.25, 0.3) is 0 Å². The van der Waals surface area contributed by atoms with Crippen LogP contribution in [0.5, 0.6) is 5.75 Å². The molecule has 1 unspecified atom stereocenters. The number of benzene rings is 1. The van der Waals surface area contributed by atoms with E-state index in [1.54, 1.807) is 25.3 Å². The van der Waals surface area contributed by atoms with Gasteiger partial charge in [-0.1, -0.05) is 41.4 Å². The number of hydrogen-bond donors (Lipinski definition) is 0. The van der Waals surface area contributed by atoms with E-state index in [2.05, 4.69) is 29.8 Å². The van der Waals surface area contributed by atoms with Crippen LogP contribution in [-0.4, -0.2) is 17.7 Å². The van der Waals surface area contributed by atoms with E-state index in [0.717, 1.165) is 6.42 Å². The van der Waals surface area contributed by atoms with E-state index in [4.69, 9.17) is 16.3 Å². The molecule has 4 heteroatoms. The molecule has 1 aromatic rings. The molecule has 0 spiro atoms. The highest BCUT2D eigenvalue weighted by Crippen LogP contribution is 2.27. The Morgan fingerprint density at radius 1 is 1.47 bits per heavy atom. The minimum absolute atomic E-state index is 0.0586. The second kappa shape index (κ2) is 6.41. The maximum absolute atomic E-state index is 12.1. The van der Waals surface area contributed by atoms with Crippen LogP contribution in [-0.2, 0) is 0 Å². The van der Waals surface area contributed by atoms with Crippen molar-refractivity contribution in [1.82, 2.24) is 0 Å². The van der Waals surface area contributed by atoms with Crippen molar-refractivity contribution in [2.75, 3.05) is 7.11 Å². The predicted octanol–water partition coefficient (Wildman–Crippen LogP) is 4.34. The maximum atomic E-state index is 12.1. The van der Waals surface area contributed by atoms with Crippen LogP contribution in [0.2, 0.25) is 5.02 Å². The van der Waals surface area contributed by atoms with E-state index in [1.807, 2.05) is 0 Å². The third kappa shape index (κ3) is 4.00. The molecule has 0 aromatic heterocycles. The van der Waals surface area contributed by atoms with Gasteiger partial charge in [-0.25, -0.2) is 0 Å². The van der Waals surface area contributed by atoms with Gasteiger partial charge in [0.1, 0.15) is 5.75 Å². The summed E-state index contributed by atoms with van der Waals surface area (Å²) in [4.78, 5) is 11.9. The number of carbonyl (C=O) groups excluding carboxylic acids is 1. The lowest BCUT2D eigenvalue weighted by Gasteiger charge is -2.12. The van der Waals surface area contributed by atoms with Gasteiger partial charge in [0, 0.05) is 5.56 Å². The van der Waals surface area contributed by atoms with Crippen molar-refractivity contribution in [2.45, 2.75) is 25.1 Å². The Labute approximate surface area is 115 Å². The van der Waals surface area contributed by atoms with Gasteiger partial charge in [0.15, 0.2) is 5.78 Å². The Bertz CT molecular complexity index is 404. The average Bonchev–Trinajstić information content (AvgIpc) is 2.27. The van der Waals surface area contributed by atoms with Gasteiger partial charge in [-0.05, 0) is 30.5 Å². The first-order chi connectivity index (χ1) is 7.95. The average molecular weight is 320 g/mol. The smallest absolute Gasteiger partial charge is 0.176 e. The topological polar surface area (TPSA) is 26.3 Å². The lowest BCUT2D eigenvalue weighted by Crippen LogP contribution is -2.16. The molecule has 0 aliphatic carbocycles. The number of rotatable bonds is 5. The van der Waals surface area contributed by atoms with Gasteiger partial charge in [-0.15, -0.1) is 0 Å². The molecule has 2 nitrogen and oxygen atoms in total. The Morgan fingerprint density at radius 2 is 2.12 bits per heavy atom. The van der Waals surface area contributed by atoms with Crippen molar-refractivity contribution in [1.29, 1.82) is 0 Å². The molecule has 0 fully saturated rings. The lowest BCUT2D eigenvalue weighted by molar-refractivity contribution is 0.0984. The fourth-order valence-electron chi connectivity index (χ4n) is 1.52. The molecular weight excluding hydrogens is 303 g/mol. The summed E-state index contributed by atoms with van der Waals surface area (Å²) < 4.78 is 5.05. The summed E-state index contributed by atoms with van der Waals surface area (Å²) in [5.41, 5.74) is 0.610. The molecule has 0 heterocycles. The highest BCUT2D eigenvalue weighted by molar-refractivity contribution is 9.10. The Hall–Kier alpha value is -0.540. The third-order valence-electron chi connectivity index (χ3n) is 2.40. The minimum atomic E-state index is -0.160. The van der Waals surface area contributed by atoms with Crippen molar-refractivity contribution >= 4 is 33.3 Å². The highest BCUT2D eigenvalue weighted by atomic mass is 79.9. The number of hydrogen-bond acceptors (Lipinski definition) is 2. The van der Waals surface area contributed by atoms with Gasteiger partial charge < -0.3 is 4.74 Å². The van der Waals surface area contributed by atoms with Crippen LogP contribution in [0, 0.1) is 5.92 Å². The Morgan fingerprint density at radius 3 is 2.59 bits per heavy atom. The number of ketones is 1. The van der Waals surface area contributed by atoms with Crippen molar-refractivity contribution in [3.63, 3.8) is 0 Å². The molecule has 0 N–H and O–H groups in total. The first-order valence-corrected chi connectivity index (χ1v) is 6.77. The number of alkyl halides is 1. The second-order valence-corrected chi connectivity index (χ2v) is 5.82. The van der Waals surface area contributed by atoms with E-state index < -0.39 is 0 Å². The third-order valence-corrected chi connectivity index (χ3v) is 3.48. The summed E-state index contributed by atoms with van der Waals surface area (Å²) in [7, 11) is 1.55. The molecule has 1 rings (SSSR count). The molecule has 94 valence electrons. The second-order valence-electron chi connectivity index (χ2n) is 4.31. The van der Waals surface area contributed by atoms with Gasteiger partial charge in [0.2, 0.25) is 0 Å². The first kappa shape index (κ1) is 14.5. The zero-order valence-electron chi connectivity index (χ0n) is 10.2. The molecule has 0 radical (unpaired) electrons. The molecule has 0 aliphatic heterocycles.